The van der Waals surface area contributed by atoms with Crippen molar-refractivity contribution in [1.82, 2.24) is 14.5 Å². The van der Waals surface area contributed by atoms with Crippen LogP contribution in [0.1, 0.15) is 24.6 Å². The molecule has 8 heteroatoms. The van der Waals surface area contributed by atoms with Crippen molar-refractivity contribution in [2.75, 3.05) is 43.3 Å². The number of ether oxygens (including phenoxy) is 1. The molecule has 3 aromatic rings. The van der Waals surface area contributed by atoms with E-state index in [4.69, 9.17) is 9.72 Å². The molecule has 0 unspecified atom stereocenters. The standard InChI is InChI=1S/C23H27N5O2S/c1-3-19-22-16(2)27(10-6-9-26-11-13-30-14-12-26)21(29)15-18(22)25-28(19)23-24-17-7-4-5-8-20(17)31-23/h3-5,7-8,15,25H,6,9-14H2,1-2H3. The molecular weight excluding hydrogens is 410 g/mol. The molecule has 31 heavy (non-hydrogen) atoms. The van der Waals surface area contributed by atoms with Crippen molar-refractivity contribution in [2.45, 2.75) is 26.8 Å². The first kappa shape index (κ1) is 20.2. The number of fused-ring (bicyclic) bond motifs is 2. The quantitative estimate of drug-likeness (QED) is 0.657. The van der Waals surface area contributed by atoms with Gasteiger partial charge in [-0.05, 0) is 32.4 Å². The van der Waals surface area contributed by atoms with Gasteiger partial charge in [-0.3, -0.25) is 15.1 Å². The number of nitrogens with zero attached hydrogens (tertiary/aromatic N) is 4. The lowest BCUT2D eigenvalue weighted by atomic mass is 10.1. The molecule has 5 rings (SSSR count). The summed E-state index contributed by atoms with van der Waals surface area (Å²) in [5.41, 5.74) is 8.38. The van der Waals surface area contributed by atoms with Crippen LogP contribution in [0.25, 0.3) is 15.9 Å². The van der Waals surface area contributed by atoms with Gasteiger partial charge in [0.2, 0.25) is 5.13 Å². The fourth-order valence-corrected chi connectivity index (χ4v) is 5.35. The van der Waals surface area contributed by atoms with E-state index in [2.05, 4.69) is 22.5 Å². The zero-order valence-corrected chi connectivity index (χ0v) is 18.7. The molecule has 2 aromatic heterocycles. The van der Waals surface area contributed by atoms with Crippen molar-refractivity contribution in [1.29, 1.82) is 0 Å². The van der Waals surface area contributed by atoms with Crippen molar-refractivity contribution in [3.63, 3.8) is 0 Å². The molecule has 0 amide bonds. The van der Waals surface area contributed by atoms with E-state index in [1.807, 2.05) is 41.6 Å². The summed E-state index contributed by atoms with van der Waals surface area (Å²) in [7, 11) is 0. The van der Waals surface area contributed by atoms with Crippen LogP contribution in [0.3, 0.4) is 0 Å². The Hall–Kier alpha value is -2.68. The molecule has 1 aromatic carbocycles. The molecule has 7 nitrogen and oxygen atoms in total. The van der Waals surface area contributed by atoms with Crippen LogP contribution in [0.15, 0.2) is 41.2 Å². The Morgan fingerprint density at radius 3 is 2.81 bits per heavy atom. The van der Waals surface area contributed by atoms with Crippen molar-refractivity contribution in [2.24, 2.45) is 0 Å². The van der Waals surface area contributed by atoms with Crippen molar-refractivity contribution < 1.29 is 4.74 Å². The second-order valence-corrected chi connectivity index (χ2v) is 8.91. The van der Waals surface area contributed by atoms with Crippen molar-refractivity contribution in [3.05, 3.63) is 58.0 Å². The van der Waals surface area contributed by atoms with E-state index in [9.17, 15) is 4.79 Å². The summed E-state index contributed by atoms with van der Waals surface area (Å²) in [5, 5.41) is 2.87. The molecule has 0 saturated carbocycles. The average Bonchev–Trinajstić information content (AvgIpc) is 3.37. The second kappa shape index (κ2) is 8.45. The lowest BCUT2D eigenvalue weighted by Crippen LogP contribution is -2.37. The normalized spacial score (nSPS) is 18.0. The van der Waals surface area contributed by atoms with E-state index in [0.29, 0.717) is 6.54 Å². The minimum atomic E-state index is 0.0346. The maximum absolute atomic E-state index is 12.9. The fourth-order valence-electron chi connectivity index (χ4n) is 4.41. The minimum Gasteiger partial charge on any atom is -0.379 e. The van der Waals surface area contributed by atoms with Gasteiger partial charge in [0.1, 0.15) is 0 Å². The van der Waals surface area contributed by atoms with E-state index in [1.54, 1.807) is 17.4 Å². The number of rotatable bonds is 5. The monoisotopic (exact) mass is 437 g/mol. The molecule has 0 spiro atoms. The smallest absolute Gasteiger partial charge is 0.252 e. The Balaban J connectivity index is 1.41. The Bertz CT molecular complexity index is 1160. The topological polar surface area (TPSA) is 62.6 Å². The maximum atomic E-state index is 12.9. The molecule has 2 aliphatic rings. The van der Waals surface area contributed by atoms with Crippen LogP contribution in [0.5, 0.6) is 0 Å². The highest BCUT2D eigenvalue weighted by atomic mass is 32.1. The van der Waals surface area contributed by atoms with Crippen molar-refractivity contribution in [3.8, 4) is 0 Å². The molecule has 1 fully saturated rings. The van der Waals surface area contributed by atoms with Gasteiger partial charge in [-0.1, -0.05) is 29.5 Å². The van der Waals surface area contributed by atoms with Crippen LogP contribution in [0, 0.1) is 6.92 Å². The SMILES string of the molecule is CC=C1c2c(cc(=O)n(CCCN3CCOCC3)c2C)NN1c1nc2ccccc2s1. The van der Waals surface area contributed by atoms with Gasteiger partial charge in [-0.15, -0.1) is 0 Å². The number of hydrogen-bond acceptors (Lipinski definition) is 7. The number of morpholine rings is 1. The number of nitrogens with one attached hydrogen (secondary N) is 1. The Morgan fingerprint density at radius 2 is 2.03 bits per heavy atom. The molecule has 1 N–H and O–H groups in total. The minimum absolute atomic E-state index is 0.0346. The predicted molar refractivity (Wildman–Crippen MR) is 127 cm³/mol. The third kappa shape index (κ3) is 3.75. The first-order valence-electron chi connectivity index (χ1n) is 10.8. The zero-order valence-electron chi connectivity index (χ0n) is 17.9. The molecule has 2 aliphatic heterocycles. The second-order valence-electron chi connectivity index (χ2n) is 7.90. The van der Waals surface area contributed by atoms with Gasteiger partial charge in [0, 0.05) is 43.5 Å². The number of anilines is 2. The van der Waals surface area contributed by atoms with Gasteiger partial charge < -0.3 is 9.30 Å². The van der Waals surface area contributed by atoms with E-state index in [1.165, 1.54) is 0 Å². The number of pyridine rings is 1. The summed E-state index contributed by atoms with van der Waals surface area (Å²) in [6.07, 6.45) is 3.03. The fraction of sp³-hybridized carbons (Fsp3) is 0.391. The number of hydrogen-bond donors (Lipinski definition) is 1. The summed E-state index contributed by atoms with van der Waals surface area (Å²) in [6, 6.07) is 9.85. The number of hydrazine groups is 1. The van der Waals surface area contributed by atoms with Gasteiger partial charge in [-0.2, -0.15) is 0 Å². The highest BCUT2D eigenvalue weighted by molar-refractivity contribution is 7.22. The van der Waals surface area contributed by atoms with E-state index < -0.39 is 0 Å². The number of aromatic nitrogens is 2. The van der Waals surface area contributed by atoms with E-state index in [0.717, 1.165) is 77.3 Å². The molecule has 0 radical (unpaired) electrons. The number of benzene rings is 1. The highest BCUT2D eigenvalue weighted by Gasteiger charge is 2.30. The summed E-state index contributed by atoms with van der Waals surface area (Å²) >= 11 is 1.64. The first-order valence-corrected chi connectivity index (χ1v) is 11.6. The van der Waals surface area contributed by atoms with Gasteiger partial charge in [0.15, 0.2) is 0 Å². The van der Waals surface area contributed by atoms with Crippen LogP contribution < -0.4 is 16.0 Å². The van der Waals surface area contributed by atoms with Crippen LogP contribution >= 0.6 is 11.3 Å². The van der Waals surface area contributed by atoms with Crippen LogP contribution in [-0.2, 0) is 11.3 Å². The molecular formula is C23H27N5O2S. The first-order chi connectivity index (χ1) is 15.2. The molecule has 4 heterocycles. The van der Waals surface area contributed by atoms with Crippen LogP contribution in [0.2, 0.25) is 0 Å². The zero-order chi connectivity index (χ0) is 21.4. The average molecular weight is 438 g/mol. The predicted octanol–water partition coefficient (Wildman–Crippen LogP) is 3.70. The summed E-state index contributed by atoms with van der Waals surface area (Å²) in [5.74, 6) is 0. The third-order valence-corrected chi connectivity index (χ3v) is 7.03. The lowest BCUT2D eigenvalue weighted by Gasteiger charge is -2.26. The molecule has 0 aliphatic carbocycles. The lowest BCUT2D eigenvalue weighted by molar-refractivity contribution is 0.0369. The maximum Gasteiger partial charge on any atom is 0.252 e. The largest absolute Gasteiger partial charge is 0.379 e. The summed E-state index contributed by atoms with van der Waals surface area (Å²) in [6.45, 7) is 9.32. The number of thiazole rings is 1. The Kier molecular flexibility index (Phi) is 5.52. The van der Waals surface area contributed by atoms with Crippen molar-refractivity contribution >= 4 is 38.1 Å². The third-order valence-electron chi connectivity index (χ3n) is 6.01. The summed E-state index contributed by atoms with van der Waals surface area (Å²) in [4.78, 5) is 20.1. The Labute approximate surface area is 185 Å². The highest BCUT2D eigenvalue weighted by Crippen LogP contribution is 2.41. The van der Waals surface area contributed by atoms with E-state index in [-0.39, 0.29) is 5.56 Å². The summed E-state index contributed by atoms with van der Waals surface area (Å²) < 4.78 is 8.48. The molecule has 0 atom stereocenters. The molecule has 1 saturated heterocycles. The van der Waals surface area contributed by atoms with Gasteiger partial charge in [0.25, 0.3) is 5.56 Å². The van der Waals surface area contributed by atoms with E-state index >= 15 is 0 Å². The van der Waals surface area contributed by atoms with Crippen LogP contribution in [-0.4, -0.2) is 47.3 Å². The molecule has 162 valence electrons. The van der Waals surface area contributed by atoms with Gasteiger partial charge in [-0.25, -0.2) is 9.99 Å². The van der Waals surface area contributed by atoms with Gasteiger partial charge >= 0.3 is 0 Å². The number of allylic oxidation sites excluding steroid dienone is 1. The molecule has 0 bridgehead atoms. The Morgan fingerprint density at radius 1 is 1.23 bits per heavy atom. The van der Waals surface area contributed by atoms with Gasteiger partial charge in [0.05, 0.1) is 34.8 Å². The van der Waals surface area contributed by atoms with Crippen LogP contribution in [0.4, 0.5) is 10.8 Å². The number of para-hydroxylation sites is 1.